The van der Waals surface area contributed by atoms with E-state index in [-0.39, 0.29) is 18.0 Å². The second-order valence-corrected chi connectivity index (χ2v) is 4.92. The second-order valence-electron chi connectivity index (χ2n) is 4.92. The molecule has 0 aromatic heterocycles. The third kappa shape index (κ3) is 3.66. The zero-order valence-electron chi connectivity index (χ0n) is 11.9. The smallest absolute Gasteiger partial charge is 0.269 e. The number of anilines is 1. The molecular weight excluding hydrogens is 268 g/mol. The van der Waals surface area contributed by atoms with Crippen molar-refractivity contribution in [2.24, 2.45) is 0 Å². The lowest BCUT2D eigenvalue weighted by molar-refractivity contribution is -0.384. The molecule has 0 heterocycles. The predicted octanol–water partition coefficient (Wildman–Crippen LogP) is 3.22. The van der Waals surface area contributed by atoms with Gasteiger partial charge in [0.05, 0.1) is 11.5 Å². The fourth-order valence-corrected chi connectivity index (χ4v) is 1.97. The van der Waals surface area contributed by atoms with E-state index in [2.05, 4.69) is 0 Å². The van der Waals surface area contributed by atoms with E-state index in [0.29, 0.717) is 5.56 Å². The lowest BCUT2D eigenvalue weighted by Gasteiger charge is -2.18. The Morgan fingerprint density at radius 3 is 2.19 bits per heavy atom. The molecule has 0 saturated heterocycles. The minimum absolute atomic E-state index is 0.0153. The van der Waals surface area contributed by atoms with E-state index < -0.39 is 4.92 Å². The molecule has 2 rings (SSSR count). The summed E-state index contributed by atoms with van der Waals surface area (Å²) in [4.78, 5) is 24.1. The van der Waals surface area contributed by atoms with E-state index in [1.54, 1.807) is 0 Å². The van der Waals surface area contributed by atoms with Crippen LogP contribution in [0.3, 0.4) is 0 Å². The third-order valence-corrected chi connectivity index (χ3v) is 3.26. The second kappa shape index (κ2) is 6.17. The Morgan fingerprint density at radius 2 is 1.67 bits per heavy atom. The van der Waals surface area contributed by atoms with Crippen molar-refractivity contribution >= 4 is 17.2 Å². The number of nitro benzene ring substituents is 1. The minimum Gasteiger partial charge on any atom is -0.367 e. The van der Waals surface area contributed by atoms with Crippen LogP contribution in [0.5, 0.6) is 0 Å². The molecule has 0 aliphatic carbocycles. The SMILES string of the molecule is Cc1ccc(N(C)CC(=O)c2ccc([N+](=O)[O-])cc2)cc1. The van der Waals surface area contributed by atoms with Crippen molar-refractivity contribution in [2.75, 3.05) is 18.5 Å². The Kier molecular flexibility index (Phi) is 4.33. The van der Waals surface area contributed by atoms with Crippen LogP contribution in [0.2, 0.25) is 0 Å². The fourth-order valence-electron chi connectivity index (χ4n) is 1.97. The number of carbonyl (C=O) groups excluding carboxylic acids is 1. The summed E-state index contributed by atoms with van der Waals surface area (Å²) in [5.41, 5.74) is 2.57. The van der Waals surface area contributed by atoms with Crippen LogP contribution in [0, 0.1) is 17.0 Å². The van der Waals surface area contributed by atoms with Gasteiger partial charge in [0.1, 0.15) is 0 Å². The van der Waals surface area contributed by atoms with E-state index >= 15 is 0 Å². The van der Waals surface area contributed by atoms with Crippen LogP contribution >= 0.6 is 0 Å². The molecule has 108 valence electrons. The van der Waals surface area contributed by atoms with Crippen molar-refractivity contribution in [2.45, 2.75) is 6.92 Å². The zero-order chi connectivity index (χ0) is 15.4. The van der Waals surface area contributed by atoms with Crippen molar-refractivity contribution < 1.29 is 9.72 Å². The Labute approximate surface area is 123 Å². The quantitative estimate of drug-likeness (QED) is 0.480. The monoisotopic (exact) mass is 284 g/mol. The third-order valence-electron chi connectivity index (χ3n) is 3.26. The first kappa shape index (κ1) is 14.7. The average Bonchev–Trinajstić information content (AvgIpc) is 2.47. The molecular formula is C16H16N2O3. The predicted molar refractivity (Wildman–Crippen MR) is 81.9 cm³/mol. The van der Waals surface area contributed by atoms with Gasteiger partial charge in [-0.2, -0.15) is 0 Å². The molecule has 2 aromatic carbocycles. The van der Waals surface area contributed by atoms with E-state index in [1.165, 1.54) is 24.3 Å². The van der Waals surface area contributed by atoms with Gasteiger partial charge in [-0.05, 0) is 31.2 Å². The lowest BCUT2D eigenvalue weighted by Crippen LogP contribution is -2.25. The van der Waals surface area contributed by atoms with Crippen LogP contribution in [-0.4, -0.2) is 24.3 Å². The topological polar surface area (TPSA) is 63.5 Å². The average molecular weight is 284 g/mol. The molecule has 0 bridgehead atoms. The van der Waals surface area contributed by atoms with E-state index in [9.17, 15) is 14.9 Å². The number of hydrogen-bond acceptors (Lipinski definition) is 4. The lowest BCUT2D eigenvalue weighted by atomic mass is 10.1. The zero-order valence-corrected chi connectivity index (χ0v) is 11.9. The van der Waals surface area contributed by atoms with Gasteiger partial charge in [0.15, 0.2) is 5.78 Å². The molecule has 0 spiro atoms. The molecule has 5 nitrogen and oxygen atoms in total. The fraction of sp³-hybridized carbons (Fsp3) is 0.188. The highest BCUT2D eigenvalue weighted by Gasteiger charge is 2.12. The summed E-state index contributed by atoms with van der Waals surface area (Å²) in [6, 6.07) is 13.6. The van der Waals surface area contributed by atoms with Crippen LogP contribution in [0.1, 0.15) is 15.9 Å². The van der Waals surface area contributed by atoms with Gasteiger partial charge in [-0.3, -0.25) is 14.9 Å². The molecule has 2 aromatic rings. The number of ketones is 1. The number of Topliss-reactive ketones (excluding diaryl/α,β-unsaturated/α-hetero) is 1. The highest BCUT2D eigenvalue weighted by Crippen LogP contribution is 2.16. The van der Waals surface area contributed by atoms with E-state index in [4.69, 9.17) is 0 Å². The Morgan fingerprint density at radius 1 is 1.10 bits per heavy atom. The van der Waals surface area contributed by atoms with Gasteiger partial charge in [0.25, 0.3) is 5.69 Å². The standard InChI is InChI=1S/C16H16N2O3/c1-12-3-7-14(8-4-12)17(2)11-16(19)13-5-9-15(10-6-13)18(20)21/h3-10H,11H2,1-2H3. The summed E-state index contributed by atoms with van der Waals surface area (Å²) in [5.74, 6) is -0.0760. The summed E-state index contributed by atoms with van der Waals surface area (Å²) in [6.07, 6.45) is 0. The van der Waals surface area contributed by atoms with E-state index in [1.807, 2.05) is 43.1 Å². The number of nitro groups is 1. The first-order valence-corrected chi connectivity index (χ1v) is 6.53. The van der Waals surface area contributed by atoms with Gasteiger partial charge >= 0.3 is 0 Å². The highest BCUT2D eigenvalue weighted by molar-refractivity contribution is 5.99. The van der Waals surface area contributed by atoms with Gasteiger partial charge < -0.3 is 4.90 Å². The van der Waals surface area contributed by atoms with Gasteiger partial charge in [-0.25, -0.2) is 0 Å². The molecule has 0 radical (unpaired) electrons. The largest absolute Gasteiger partial charge is 0.367 e. The van der Waals surface area contributed by atoms with Crippen molar-refractivity contribution in [1.82, 2.24) is 0 Å². The van der Waals surface area contributed by atoms with Gasteiger partial charge in [0, 0.05) is 30.4 Å². The summed E-state index contributed by atoms with van der Waals surface area (Å²) in [7, 11) is 1.84. The molecule has 5 heteroatoms. The summed E-state index contributed by atoms with van der Waals surface area (Å²) >= 11 is 0. The maximum absolute atomic E-state index is 12.2. The van der Waals surface area contributed by atoms with Crippen molar-refractivity contribution in [3.8, 4) is 0 Å². The number of rotatable bonds is 5. The summed E-state index contributed by atoms with van der Waals surface area (Å²) in [5, 5.41) is 10.6. The van der Waals surface area contributed by atoms with E-state index in [0.717, 1.165) is 11.3 Å². The number of benzene rings is 2. The van der Waals surface area contributed by atoms with Crippen molar-refractivity contribution in [3.05, 3.63) is 69.8 Å². The molecule has 0 aliphatic rings. The number of nitrogens with zero attached hydrogens (tertiary/aromatic N) is 2. The van der Waals surface area contributed by atoms with Crippen molar-refractivity contribution in [3.63, 3.8) is 0 Å². The molecule has 21 heavy (non-hydrogen) atoms. The number of hydrogen-bond donors (Lipinski definition) is 0. The molecule has 0 fully saturated rings. The summed E-state index contributed by atoms with van der Waals surface area (Å²) < 4.78 is 0. The molecule has 0 N–H and O–H groups in total. The van der Waals surface area contributed by atoms with Crippen LogP contribution in [0.25, 0.3) is 0 Å². The van der Waals surface area contributed by atoms with Crippen LogP contribution < -0.4 is 4.90 Å². The molecule has 0 amide bonds. The van der Waals surface area contributed by atoms with Gasteiger partial charge in [-0.15, -0.1) is 0 Å². The van der Waals surface area contributed by atoms with Crippen LogP contribution in [0.15, 0.2) is 48.5 Å². The highest BCUT2D eigenvalue weighted by atomic mass is 16.6. The molecule has 0 saturated carbocycles. The number of likely N-dealkylation sites (N-methyl/N-ethyl adjacent to an activating group) is 1. The summed E-state index contributed by atoms with van der Waals surface area (Å²) in [6.45, 7) is 2.23. The normalized spacial score (nSPS) is 10.2. The molecule has 0 unspecified atom stereocenters. The first-order valence-electron chi connectivity index (χ1n) is 6.53. The molecule has 0 aliphatic heterocycles. The van der Waals surface area contributed by atoms with Crippen LogP contribution in [-0.2, 0) is 0 Å². The van der Waals surface area contributed by atoms with Gasteiger partial charge in [-0.1, -0.05) is 17.7 Å². The van der Waals surface area contributed by atoms with Gasteiger partial charge in [0.2, 0.25) is 0 Å². The van der Waals surface area contributed by atoms with Crippen LogP contribution in [0.4, 0.5) is 11.4 Å². The number of carbonyl (C=O) groups is 1. The Balaban J connectivity index is 2.06. The number of aryl methyl sites for hydroxylation is 1. The van der Waals surface area contributed by atoms with Crippen molar-refractivity contribution in [1.29, 1.82) is 0 Å². The molecule has 0 atom stereocenters. The first-order chi connectivity index (χ1) is 9.97. The maximum atomic E-state index is 12.2. The minimum atomic E-state index is -0.479. The Bertz CT molecular complexity index is 648. The Hall–Kier alpha value is -2.69. The number of non-ortho nitro benzene ring substituents is 1. The maximum Gasteiger partial charge on any atom is 0.269 e.